The second-order valence-corrected chi connectivity index (χ2v) is 5.46. The van der Waals surface area contributed by atoms with Gasteiger partial charge in [0.2, 0.25) is 0 Å². The van der Waals surface area contributed by atoms with Crippen molar-refractivity contribution in [1.29, 1.82) is 0 Å². The van der Waals surface area contributed by atoms with Crippen LogP contribution in [-0.4, -0.2) is 29.5 Å². The summed E-state index contributed by atoms with van der Waals surface area (Å²) in [6, 6.07) is 11.1. The van der Waals surface area contributed by atoms with Crippen molar-refractivity contribution in [3.63, 3.8) is 0 Å². The predicted octanol–water partition coefficient (Wildman–Crippen LogP) is 2.59. The fourth-order valence-corrected chi connectivity index (χ4v) is 2.61. The second-order valence-electron chi connectivity index (χ2n) is 5.46. The molecule has 2 N–H and O–H groups in total. The van der Waals surface area contributed by atoms with Gasteiger partial charge in [0.15, 0.2) is 0 Å². The molecule has 106 valence electrons. The molecule has 0 spiro atoms. The first-order valence-electron chi connectivity index (χ1n) is 7.23. The fourth-order valence-electron chi connectivity index (χ4n) is 2.61. The van der Waals surface area contributed by atoms with Crippen LogP contribution in [0, 0.1) is 5.92 Å². The Kier molecular flexibility index (Phi) is 4.14. The Morgan fingerprint density at radius 2 is 2.20 bits per heavy atom. The molecule has 0 amide bonds. The van der Waals surface area contributed by atoms with E-state index in [1.54, 1.807) is 6.20 Å². The summed E-state index contributed by atoms with van der Waals surface area (Å²) in [5, 5.41) is 10.6. The van der Waals surface area contributed by atoms with E-state index >= 15 is 0 Å². The summed E-state index contributed by atoms with van der Waals surface area (Å²) in [6.07, 6.45) is 2.95. The minimum atomic E-state index is 0.504. The molecule has 3 rings (SSSR count). The number of hydrogen-bond acceptors (Lipinski definition) is 3. The van der Waals surface area contributed by atoms with Crippen LogP contribution in [-0.2, 0) is 11.3 Å². The topological polar surface area (TPSA) is 49.9 Å². The largest absolute Gasteiger partial charge is 0.381 e. The third-order valence-electron chi connectivity index (χ3n) is 4.07. The molecule has 1 aromatic carbocycles. The lowest BCUT2D eigenvalue weighted by Crippen LogP contribution is -2.33. The highest BCUT2D eigenvalue weighted by Crippen LogP contribution is 2.18. The third-order valence-corrected chi connectivity index (χ3v) is 4.07. The minimum Gasteiger partial charge on any atom is -0.381 e. The van der Waals surface area contributed by atoms with Crippen LogP contribution >= 0.6 is 0 Å². The Hall–Kier alpha value is -1.65. The lowest BCUT2D eigenvalue weighted by atomic mass is 10.0. The molecule has 4 heteroatoms. The molecule has 2 unspecified atom stereocenters. The summed E-state index contributed by atoms with van der Waals surface area (Å²) >= 11 is 0. The number of ether oxygens (including phenoxy) is 1. The fraction of sp³-hybridized carbons (Fsp3) is 0.438. The van der Waals surface area contributed by atoms with Crippen LogP contribution in [0.15, 0.2) is 36.5 Å². The van der Waals surface area contributed by atoms with Gasteiger partial charge in [-0.1, -0.05) is 24.3 Å². The molecule has 0 aliphatic carbocycles. The van der Waals surface area contributed by atoms with Crippen LogP contribution in [0.2, 0.25) is 0 Å². The number of H-pyrrole nitrogens is 1. The summed E-state index contributed by atoms with van der Waals surface area (Å²) in [5.74, 6) is 0.652. The summed E-state index contributed by atoms with van der Waals surface area (Å²) in [7, 11) is 0. The zero-order valence-electron chi connectivity index (χ0n) is 11.8. The van der Waals surface area contributed by atoms with E-state index in [9.17, 15) is 0 Å². The van der Waals surface area contributed by atoms with Crippen LogP contribution in [0.25, 0.3) is 11.3 Å². The van der Waals surface area contributed by atoms with Gasteiger partial charge in [-0.25, -0.2) is 0 Å². The zero-order valence-corrected chi connectivity index (χ0v) is 11.8. The third kappa shape index (κ3) is 3.08. The number of rotatable bonds is 5. The van der Waals surface area contributed by atoms with Crippen molar-refractivity contribution in [2.75, 3.05) is 13.2 Å². The van der Waals surface area contributed by atoms with Crippen molar-refractivity contribution in [2.45, 2.75) is 25.9 Å². The quantitative estimate of drug-likeness (QED) is 0.879. The maximum atomic E-state index is 5.44. The summed E-state index contributed by atoms with van der Waals surface area (Å²) < 4.78 is 5.44. The number of benzene rings is 1. The number of nitrogens with zero attached hydrogens (tertiary/aromatic N) is 1. The smallest absolute Gasteiger partial charge is 0.0650 e. The molecular formula is C16H21N3O. The maximum Gasteiger partial charge on any atom is 0.0650 e. The molecular weight excluding hydrogens is 250 g/mol. The van der Waals surface area contributed by atoms with Crippen LogP contribution in [0.5, 0.6) is 0 Å². The first-order chi connectivity index (χ1) is 9.83. The molecule has 0 radical (unpaired) electrons. The highest BCUT2D eigenvalue weighted by atomic mass is 16.5. The Labute approximate surface area is 119 Å². The van der Waals surface area contributed by atoms with E-state index in [2.05, 4.69) is 46.7 Å². The van der Waals surface area contributed by atoms with Gasteiger partial charge in [-0.15, -0.1) is 0 Å². The van der Waals surface area contributed by atoms with Gasteiger partial charge in [-0.3, -0.25) is 5.10 Å². The molecule has 2 atom stereocenters. The highest BCUT2D eigenvalue weighted by Gasteiger charge is 2.21. The standard InChI is InChI=1S/C16H21N3O/c1-12(15-7-9-20-11-15)17-10-13-2-4-14(5-3-13)16-6-8-18-19-16/h2-6,8,12,15,17H,7,9-11H2,1H3,(H,18,19). The number of aromatic nitrogens is 2. The molecule has 0 bridgehead atoms. The van der Waals surface area contributed by atoms with Gasteiger partial charge >= 0.3 is 0 Å². The molecule has 1 saturated heterocycles. The van der Waals surface area contributed by atoms with E-state index in [0.717, 1.165) is 25.5 Å². The van der Waals surface area contributed by atoms with E-state index in [1.807, 2.05) is 6.07 Å². The average molecular weight is 271 g/mol. The van der Waals surface area contributed by atoms with Gasteiger partial charge < -0.3 is 10.1 Å². The maximum absolute atomic E-state index is 5.44. The number of nitrogens with one attached hydrogen (secondary N) is 2. The van der Waals surface area contributed by atoms with E-state index in [-0.39, 0.29) is 0 Å². The highest BCUT2D eigenvalue weighted by molar-refractivity contribution is 5.58. The Morgan fingerprint density at radius 1 is 1.35 bits per heavy atom. The second kappa shape index (κ2) is 6.20. The lowest BCUT2D eigenvalue weighted by Gasteiger charge is -2.19. The van der Waals surface area contributed by atoms with Crippen LogP contribution in [0.4, 0.5) is 0 Å². The molecule has 1 fully saturated rings. The van der Waals surface area contributed by atoms with Crippen LogP contribution < -0.4 is 5.32 Å². The monoisotopic (exact) mass is 271 g/mol. The molecule has 1 aliphatic heterocycles. The van der Waals surface area contributed by atoms with Crippen LogP contribution in [0.1, 0.15) is 18.9 Å². The van der Waals surface area contributed by atoms with E-state index in [4.69, 9.17) is 4.74 Å². The Bertz CT molecular complexity index is 515. The Morgan fingerprint density at radius 3 is 2.85 bits per heavy atom. The first-order valence-corrected chi connectivity index (χ1v) is 7.23. The average Bonchev–Trinajstić information content (AvgIpc) is 3.18. The Balaban J connectivity index is 1.55. The first kappa shape index (κ1) is 13.3. The molecule has 2 heterocycles. The van der Waals surface area contributed by atoms with Gasteiger partial charge in [0.05, 0.1) is 12.3 Å². The summed E-state index contributed by atoms with van der Waals surface area (Å²) in [6.45, 7) is 4.96. The lowest BCUT2D eigenvalue weighted by molar-refractivity contribution is 0.178. The SMILES string of the molecule is CC(NCc1ccc(-c2ccn[nH]2)cc1)C1CCOC1. The van der Waals surface area contributed by atoms with Gasteiger partial charge in [0.1, 0.15) is 0 Å². The molecule has 2 aromatic rings. The van der Waals surface area contributed by atoms with Crippen molar-refractivity contribution in [1.82, 2.24) is 15.5 Å². The molecule has 0 saturated carbocycles. The molecule has 4 nitrogen and oxygen atoms in total. The number of hydrogen-bond donors (Lipinski definition) is 2. The zero-order chi connectivity index (χ0) is 13.8. The molecule has 20 heavy (non-hydrogen) atoms. The number of aromatic amines is 1. The molecule has 1 aliphatic rings. The van der Waals surface area contributed by atoms with E-state index < -0.39 is 0 Å². The van der Waals surface area contributed by atoms with Gasteiger partial charge in [0, 0.05) is 25.4 Å². The van der Waals surface area contributed by atoms with Crippen molar-refractivity contribution < 1.29 is 4.74 Å². The van der Waals surface area contributed by atoms with Gasteiger partial charge in [-0.05, 0) is 36.5 Å². The van der Waals surface area contributed by atoms with E-state index in [1.165, 1.54) is 17.5 Å². The normalized spacial score (nSPS) is 20.1. The molecule has 1 aromatic heterocycles. The van der Waals surface area contributed by atoms with Gasteiger partial charge in [0.25, 0.3) is 0 Å². The van der Waals surface area contributed by atoms with Crippen molar-refractivity contribution >= 4 is 0 Å². The predicted molar refractivity (Wildman–Crippen MR) is 79.3 cm³/mol. The van der Waals surface area contributed by atoms with E-state index in [0.29, 0.717) is 12.0 Å². The van der Waals surface area contributed by atoms with Gasteiger partial charge in [-0.2, -0.15) is 5.10 Å². The van der Waals surface area contributed by atoms with Crippen LogP contribution in [0.3, 0.4) is 0 Å². The minimum absolute atomic E-state index is 0.504. The van der Waals surface area contributed by atoms with Crippen molar-refractivity contribution in [3.8, 4) is 11.3 Å². The summed E-state index contributed by atoms with van der Waals surface area (Å²) in [5.41, 5.74) is 3.53. The summed E-state index contributed by atoms with van der Waals surface area (Å²) in [4.78, 5) is 0. The van der Waals surface area contributed by atoms with Crippen molar-refractivity contribution in [2.24, 2.45) is 5.92 Å². The van der Waals surface area contributed by atoms with Crippen molar-refractivity contribution in [3.05, 3.63) is 42.1 Å².